The number of halogens is 1. The van der Waals surface area contributed by atoms with Gasteiger partial charge in [-0.1, -0.05) is 11.6 Å². The lowest BCUT2D eigenvalue weighted by atomic mass is 10.1. The van der Waals surface area contributed by atoms with Gasteiger partial charge in [-0.15, -0.1) is 11.3 Å². The van der Waals surface area contributed by atoms with Gasteiger partial charge in [0.25, 0.3) is 0 Å². The second-order valence-electron chi connectivity index (χ2n) is 3.68. The molecule has 0 unspecified atom stereocenters. The van der Waals surface area contributed by atoms with Gasteiger partial charge in [0.1, 0.15) is 6.07 Å². The zero-order valence-corrected chi connectivity index (χ0v) is 11.5. The monoisotopic (exact) mass is 275 g/mol. The molecule has 0 atom stereocenters. The zero-order valence-electron chi connectivity index (χ0n) is 9.94. The van der Waals surface area contributed by atoms with Crippen molar-refractivity contribution >= 4 is 33.5 Å². The lowest BCUT2D eigenvalue weighted by Gasteiger charge is -2.02. The van der Waals surface area contributed by atoms with Crippen LogP contribution in [0.2, 0.25) is 0 Å². The number of hydrogen-bond donors (Lipinski definition) is 0. The Balaban J connectivity index is 2.58. The van der Waals surface area contributed by atoms with Crippen molar-refractivity contribution in [2.24, 2.45) is 0 Å². The molecular formula is C13H10ClN3S. The fourth-order valence-electron chi connectivity index (χ4n) is 1.61. The highest BCUT2D eigenvalue weighted by Crippen LogP contribution is 2.34. The van der Waals surface area contributed by atoms with E-state index in [0.29, 0.717) is 10.6 Å². The zero-order chi connectivity index (χ0) is 13.1. The molecule has 2 aromatic heterocycles. The van der Waals surface area contributed by atoms with Crippen molar-refractivity contribution in [2.75, 3.05) is 0 Å². The van der Waals surface area contributed by atoms with Gasteiger partial charge < -0.3 is 0 Å². The summed E-state index contributed by atoms with van der Waals surface area (Å²) in [7, 11) is 0. The molecule has 3 nitrogen and oxygen atoms in total. The molecule has 2 heterocycles. The maximum Gasteiger partial charge on any atom is 0.101 e. The molecule has 0 spiro atoms. The smallest absolute Gasteiger partial charge is 0.101 e. The number of nitrogens with zero attached hydrogens (tertiary/aromatic N) is 3. The molecule has 0 bridgehead atoms. The van der Waals surface area contributed by atoms with Crippen LogP contribution in [0.3, 0.4) is 0 Å². The molecule has 5 heteroatoms. The summed E-state index contributed by atoms with van der Waals surface area (Å²) in [6.45, 7) is 3.81. The van der Waals surface area contributed by atoms with Gasteiger partial charge in [0, 0.05) is 12.4 Å². The summed E-state index contributed by atoms with van der Waals surface area (Å²) in [6.07, 6.45) is 3.28. The molecule has 0 aromatic carbocycles. The summed E-state index contributed by atoms with van der Waals surface area (Å²) >= 11 is 7.83. The maximum absolute atomic E-state index is 9.28. The summed E-state index contributed by atoms with van der Waals surface area (Å²) in [5.41, 5.74) is 2.07. The molecule has 0 aliphatic carbocycles. The summed E-state index contributed by atoms with van der Waals surface area (Å²) < 4.78 is 0. The lowest BCUT2D eigenvalue weighted by molar-refractivity contribution is 1.19. The molecule has 0 saturated heterocycles. The molecule has 0 amide bonds. The Hall–Kier alpha value is -1.70. The highest BCUT2D eigenvalue weighted by Gasteiger charge is 2.14. The van der Waals surface area contributed by atoms with Crippen LogP contribution in [0.5, 0.6) is 0 Å². The fraction of sp³-hybridized carbons (Fsp3) is 0.154. The van der Waals surface area contributed by atoms with Crippen molar-refractivity contribution in [1.82, 2.24) is 9.97 Å². The van der Waals surface area contributed by atoms with Crippen LogP contribution in [0.1, 0.15) is 21.1 Å². The molecule has 0 N–H and O–H groups in total. The number of rotatable bonds is 2. The minimum absolute atomic E-state index is 0.450. The Morgan fingerprint density at radius 2 is 2.00 bits per heavy atom. The second kappa shape index (κ2) is 5.30. The van der Waals surface area contributed by atoms with Crippen LogP contribution in [-0.2, 0) is 0 Å². The number of aryl methyl sites for hydroxylation is 2. The van der Waals surface area contributed by atoms with Crippen molar-refractivity contribution in [3.8, 4) is 6.07 Å². The van der Waals surface area contributed by atoms with Gasteiger partial charge in [-0.3, -0.25) is 4.98 Å². The second-order valence-corrected chi connectivity index (χ2v) is 5.27. The van der Waals surface area contributed by atoms with Crippen LogP contribution in [0, 0.1) is 25.2 Å². The van der Waals surface area contributed by atoms with Crippen molar-refractivity contribution < 1.29 is 0 Å². The van der Waals surface area contributed by atoms with Gasteiger partial charge in [0.2, 0.25) is 0 Å². The summed E-state index contributed by atoms with van der Waals surface area (Å²) in [5, 5.41) is 10.7. The molecule has 0 aliphatic rings. The molecule has 0 saturated carbocycles. The fourth-order valence-corrected chi connectivity index (χ4v) is 2.87. The molecule has 2 rings (SSSR count). The van der Waals surface area contributed by atoms with E-state index in [0.717, 1.165) is 21.1 Å². The van der Waals surface area contributed by atoms with E-state index in [1.165, 1.54) is 11.3 Å². The third kappa shape index (κ3) is 2.42. The van der Waals surface area contributed by atoms with E-state index in [9.17, 15) is 5.26 Å². The first-order valence-electron chi connectivity index (χ1n) is 5.28. The SMILES string of the molecule is Cc1nc(C)c(/C(Cl)=C(/C#N)c2ccncc2)s1. The normalized spacial score (nSPS) is 11.9. The third-order valence-corrected chi connectivity index (χ3v) is 3.98. The van der Waals surface area contributed by atoms with E-state index < -0.39 is 0 Å². The van der Waals surface area contributed by atoms with Crippen LogP contribution in [0.4, 0.5) is 0 Å². The molecule has 0 fully saturated rings. The number of aromatic nitrogens is 2. The first-order chi connectivity index (χ1) is 8.63. The van der Waals surface area contributed by atoms with Gasteiger partial charge in [-0.05, 0) is 31.5 Å². The van der Waals surface area contributed by atoms with Gasteiger partial charge in [-0.2, -0.15) is 5.26 Å². The highest BCUT2D eigenvalue weighted by molar-refractivity contribution is 7.13. The van der Waals surface area contributed by atoms with Gasteiger partial charge in [-0.25, -0.2) is 4.98 Å². The van der Waals surface area contributed by atoms with E-state index in [1.54, 1.807) is 24.5 Å². The largest absolute Gasteiger partial charge is 0.265 e. The van der Waals surface area contributed by atoms with E-state index in [1.807, 2.05) is 13.8 Å². The Labute approximate surface area is 114 Å². The average molecular weight is 276 g/mol. The van der Waals surface area contributed by atoms with Crippen LogP contribution in [0.15, 0.2) is 24.5 Å². The predicted molar refractivity (Wildman–Crippen MR) is 74.1 cm³/mol. The highest BCUT2D eigenvalue weighted by atomic mass is 35.5. The Bertz CT molecular complexity index is 638. The van der Waals surface area contributed by atoms with Crippen molar-refractivity contribution in [3.05, 3.63) is 45.7 Å². The Morgan fingerprint density at radius 1 is 1.33 bits per heavy atom. The first-order valence-corrected chi connectivity index (χ1v) is 6.47. The summed E-state index contributed by atoms with van der Waals surface area (Å²) in [5.74, 6) is 0. The Morgan fingerprint density at radius 3 is 2.50 bits per heavy atom. The van der Waals surface area contributed by atoms with Gasteiger partial charge in [0.05, 0.1) is 26.2 Å². The van der Waals surface area contributed by atoms with E-state index >= 15 is 0 Å². The maximum atomic E-state index is 9.28. The Kier molecular flexibility index (Phi) is 3.75. The van der Waals surface area contributed by atoms with E-state index in [4.69, 9.17) is 11.6 Å². The van der Waals surface area contributed by atoms with E-state index in [2.05, 4.69) is 16.0 Å². The number of thiazole rings is 1. The molecule has 0 aliphatic heterocycles. The third-order valence-electron chi connectivity index (χ3n) is 2.40. The minimum atomic E-state index is 0.450. The van der Waals surface area contributed by atoms with Crippen LogP contribution < -0.4 is 0 Å². The van der Waals surface area contributed by atoms with Gasteiger partial charge >= 0.3 is 0 Å². The minimum Gasteiger partial charge on any atom is -0.265 e. The van der Waals surface area contributed by atoms with Crippen molar-refractivity contribution in [1.29, 1.82) is 5.26 Å². The first kappa shape index (κ1) is 12.7. The molecule has 90 valence electrons. The molecule has 2 aromatic rings. The van der Waals surface area contributed by atoms with Crippen LogP contribution >= 0.6 is 22.9 Å². The summed E-state index contributed by atoms with van der Waals surface area (Å²) in [6, 6.07) is 5.69. The number of hydrogen-bond acceptors (Lipinski definition) is 4. The topological polar surface area (TPSA) is 49.6 Å². The van der Waals surface area contributed by atoms with Crippen molar-refractivity contribution in [3.63, 3.8) is 0 Å². The molecule has 18 heavy (non-hydrogen) atoms. The lowest BCUT2D eigenvalue weighted by Crippen LogP contribution is -1.86. The standard InChI is InChI=1S/C13H10ClN3S/c1-8-13(18-9(2)17-8)12(14)11(7-15)10-3-5-16-6-4-10/h3-6H,1-2H3/b12-11+. The number of allylic oxidation sites excluding steroid dienone is 1. The van der Waals surface area contributed by atoms with Gasteiger partial charge in [0.15, 0.2) is 0 Å². The van der Waals surface area contributed by atoms with E-state index in [-0.39, 0.29) is 0 Å². The molecular weight excluding hydrogens is 266 g/mol. The molecule has 0 radical (unpaired) electrons. The summed E-state index contributed by atoms with van der Waals surface area (Å²) in [4.78, 5) is 9.10. The quantitative estimate of drug-likeness (QED) is 0.784. The average Bonchev–Trinajstić information content (AvgIpc) is 2.70. The predicted octanol–water partition coefficient (Wildman–Crippen LogP) is 3.79. The van der Waals surface area contributed by atoms with Crippen molar-refractivity contribution in [2.45, 2.75) is 13.8 Å². The van der Waals surface area contributed by atoms with Crippen LogP contribution in [0.25, 0.3) is 10.6 Å². The van der Waals surface area contributed by atoms with Crippen LogP contribution in [-0.4, -0.2) is 9.97 Å². The number of pyridine rings is 1. The number of nitriles is 1.